The van der Waals surface area contributed by atoms with Gasteiger partial charge in [-0.15, -0.1) is 11.3 Å². The van der Waals surface area contributed by atoms with E-state index in [0.29, 0.717) is 37.4 Å². The van der Waals surface area contributed by atoms with Gasteiger partial charge in [0.15, 0.2) is 0 Å². The Bertz CT molecular complexity index is 919. The van der Waals surface area contributed by atoms with Crippen LogP contribution >= 0.6 is 11.3 Å². The van der Waals surface area contributed by atoms with E-state index < -0.39 is 5.54 Å². The molecule has 1 spiro atoms. The van der Waals surface area contributed by atoms with E-state index in [0.717, 1.165) is 11.3 Å². The van der Waals surface area contributed by atoms with Gasteiger partial charge in [-0.1, -0.05) is 30.3 Å². The molecule has 2 saturated heterocycles. The number of carbonyl (C=O) groups is 3. The summed E-state index contributed by atoms with van der Waals surface area (Å²) in [4.78, 5) is 48.0. The first-order valence-electron chi connectivity index (χ1n) is 9.27. The third-order valence-electron chi connectivity index (χ3n) is 5.74. The number of nitrogens with zero attached hydrogens (tertiary/aromatic N) is 4. The van der Waals surface area contributed by atoms with E-state index in [9.17, 15) is 14.4 Å². The van der Waals surface area contributed by atoms with Crippen LogP contribution < -0.4 is 0 Å². The maximum absolute atomic E-state index is 13.0. The summed E-state index contributed by atoms with van der Waals surface area (Å²) in [5.41, 5.74) is 2.51. The number of urea groups is 1. The van der Waals surface area contributed by atoms with E-state index in [-0.39, 0.29) is 17.8 Å². The first kappa shape index (κ1) is 18.6. The van der Waals surface area contributed by atoms with Crippen molar-refractivity contribution in [3.63, 3.8) is 0 Å². The monoisotopic (exact) mass is 398 g/mol. The molecule has 0 radical (unpaired) electrons. The molecule has 2 fully saturated rings. The molecule has 2 aliphatic rings. The van der Waals surface area contributed by atoms with Crippen molar-refractivity contribution in [2.24, 2.45) is 0 Å². The van der Waals surface area contributed by atoms with Gasteiger partial charge in [-0.2, -0.15) is 0 Å². The number of imide groups is 1. The maximum Gasteiger partial charge on any atom is 0.327 e. The zero-order chi connectivity index (χ0) is 19.9. The SMILES string of the molecule is Cc1ncsc1C(=O)N1CCC2(CC1)C(=O)N(C)C(=O)N2Cc1ccccc1. The van der Waals surface area contributed by atoms with Crippen molar-refractivity contribution in [1.82, 2.24) is 19.7 Å². The molecule has 7 nitrogen and oxygen atoms in total. The topological polar surface area (TPSA) is 73.8 Å². The summed E-state index contributed by atoms with van der Waals surface area (Å²) in [5, 5.41) is 0. The van der Waals surface area contributed by atoms with Crippen molar-refractivity contribution in [2.45, 2.75) is 31.8 Å². The molecule has 1 aromatic heterocycles. The average Bonchev–Trinajstić information content (AvgIpc) is 3.22. The van der Waals surface area contributed by atoms with E-state index in [4.69, 9.17) is 0 Å². The molecule has 2 aromatic rings. The number of hydrogen-bond acceptors (Lipinski definition) is 5. The van der Waals surface area contributed by atoms with Gasteiger partial charge in [0.2, 0.25) is 0 Å². The Morgan fingerprint density at radius 2 is 1.86 bits per heavy atom. The van der Waals surface area contributed by atoms with Gasteiger partial charge in [0.25, 0.3) is 11.8 Å². The number of rotatable bonds is 3. The Morgan fingerprint density at radius 1 is 1.18 bits per heavy atom. The zero-order valence-corrected chi connectivity index (χ0v) is 16.7. The number of hydrogen-bond donors (Lipinski definition) is 0. The van der Waals surface area contributed by atoms with Gasteiger partial charge in [0.05, 0.1) is 11.2 Å². The fourth-order valence-corrected chi connectivity index (χ4v) is 4.85. The van der Waals surface area contributed by atoms with E-state index in [1.54, 1.807) is 15.3 Å². The molecular formula is C20H22N4O3S. The highest BCUT2D eigenvalue weighted by molar-refractivity contribution is 7.11. The van der Waals surface area contributed by atoms with Crippen LogP contribution in [0.3, 0.4) is 0 Å². The fraction of sp³-hybridized carbons (Fsp3) is 0.400. The summed E-state index contributed by atoms with van der Waals surface area (Å²) >= 11 is 1.34. The number of amides is 4. The lowest BCUT2D eigenvalue weighted by Gasteiger charge is -2.42. The molecule has 2 aliphatic heterocycles. The van der Waals surface area contributed by atoms with Gasteiger partial charge in [-0.05, 0) is 25.3 Å². The highest BCUT2D eigenvalue weighted by Gasteiger charge is 2.57. The van der Waals surface area contributed by atoms with Crippen LogP contribution in [0.25, 0.3) is 0 Å². The second kappa shape index (κ2) is 7.01. The zero-order valence-electron chi connectivity index (χ0n) is 15.9. The quantitative estimate of drug-likeness (QED) is 0.745. The third kappa shape index (κ3) is 2.88. The summed E-state index contributed by atoms with van der Waals surface area (Å²) in [5.74, 6) is -0.218. The first-order valence-corrected chi connectivity index (χ1v) is 10.1. The van der Waals surface area contributed by atoms with Gasteiger partial charge in [-0.25, -0.2) is 9.78 Å². The number of aromatic nitrogens is 1. The summed E-state index contributed by atoms with van der Waals surface area (Å²) in [6.07, 6.45) is 0.886. The molecular weight excluding hydrogens is 376 g/mol. The predicted molar refractivity (Wildman–Crippen MR) is 105 cm³/mol. The minimum Gasteiger partial charge on any atom is -0.338 e. The van der Waals surface area contributed by atoms with Crippen molar-refractivity contribution >= 4 is 29.2 Å². The number of carbonyl (C=O) groups excluding carboxylic acids is 3. The van der Waals surface area contributed by atoms with Crippen LogP contribution in [0.5, 0.6) is 0 Å². The summed E-state index contributed by atoms with van der Waals surface area (Å²) in [7, 11) is 1.54. The standard InChI is InChI=1S/C20H22N4O3S/c1-14-16(28-13-21-14)17(25)23-10-8-20(9-11-23)18(26)22(2)19(27)24(20)12-15-6-4-3-5-7-15/h3-7,13H,8-12H2,1-2H3. The number of thiazole rings is 1. The number of likely N-dealkylation sites (N-methyl/N-ethyl adjacent to an activating group) is 1. The Balaban J connectivity index is 1.56. The number of likely N-dealkylation sites (tertiary alicyclic amines) is 1. The highest BCUT2D eigenvalue weighted by atomic mass is 32.1. The number of piperidine rings is 1. The van der Waals surface area contributed by atoms with Crippen LogP contribution in [0.4, 0.5) is 4.79 Å². The maximum atomic E-state index is 13.0. The Hall–Kier alpha value is -2.74. The molecule has 0 bridgehead atoms. The second-order valence-electron chi connectivity index (χ2n) is 7.31. The normalized spacial score (nSPS) is 19.0. The molecule has 0 saturated carbocycles. The average molecular weight is 398 g/mol. The number of aryl methyl sites for hydroxylation is 1. The van der Waals surface area contributed by atoms with Crippen molar-refractivity contribution in [3.8, 4) is 0 Å². The van der Waals surface area contributed by atoms with E-state index in [1.807, 2.05) is 37.3 Å². The molecule has 28 heavy (non-hydrogen) atoms. The molecule has 0 N–H and O–H groups in total. The van der Waals surface area contributed by atoms with Crippen molar-refractivity contribution in [3.05, 3.63) is 52.0 Å². The van der Waals surface area contributed by atoms with Crippen molar-refractivity contribution in [1.29, 1.82) is 0 Å². The van der Waals surface area contributed by atoms with Crippen LogP contribution in [0.15, 0.2) is 35.8 Å². The predicted octanol–water partition coefficient (Wildman–Crippen LogP) is 2.52. The Labute approximate surface area is 167 Å². The summed E-state index contributed by atoms with van der Waals surface area (Å²) in [6.45, 7) is 3.09. The van der Waals surface area contributed by atoms with Gasteiger partial charge >= 0.3 is 6.03 Å². The minimum atomic E-state index is -0.874. The lowest BCUT2D eigenvalue weighted by atomic mass is 9.85. The van der Waals surface area contributed by atoms with E-state index in [2.05, 4.69) is 4.98 Å². The van der Waals surface area contributed by atoms with Crippen LogP contribution in [-0.4, -0.2) is 63.2 Å². The molecule has 0 atom stereocenters. The van der Waals surface area contributed by atoms with Crippen molar-refractivity contribution < 1.29 is 14.4 Å². The highest BCUT2D eigenvalue weighted by Crippen LogP contribution is 2.38. The molecule has 146 valence electrons. The largest absolute Gasteiger partial charge is 0.338 e. The lowest BCUT2D eigenvalue weighted by Crippen LogP contribution is -2.57. The second-order valence-corrected chi connectivity index (χ2v) is 8.16. The molecule has 4 amide bonds. The number of benzene rings is 1. The molecule has 0 unspecified atom stereocenters. The van der Waals surface area contributed by atoms with Crippen LogP contribution in [0.1, 0.15) is 33.8 Å². The fourth-order valence-electron chi connectivity index (χ4n) is 4.08. The summed E-state index contributed by atoms with van der Waals surface area (Å²) < 4.78 is 0. The van der Waals surface area contributed by atoms with Gasteiger partial charge < -0.3 is 9.80 Å². The lowest BCUT2D eigenvalue weighted by molar-refractivity contribution is -0.134. The van der Waals surface area contributed by atoms with E-state index >= 15 is 0 Å². The van der Waals surface area contributed by atoms with E-state index in [1.165, 1.54) is 23.3 Å². The van der Waals surface area contributed by atoms with Crippen LogP contribution in [0.2, 0.25) is 0 Å². The van der Waals surface area contributed by atoms with Crippen LogP contribution in [-0.2, 0) is 11.3 Å². The molecule has 3 heterocycles. The first-order chi connectivity index (χ1) is 13.4. The Morgan fingerprint density at radius 3 is 2.46 bits per heavy atom. The van der Waals surface area contributed by atoms with Gasteiger partial charge in [-0.3, -0.25) is 14.5 Å². The van der Waals surface area contributed by atoms with Crippen molar-refractivity contribution in [2.75, 3.05) is 20.1 Å². The molecule has 1 aromatic carbocycles. The summed E-state index contributed by atoms with van der Waals surface area (Å²) in [6, 6.07) is 9.41. The Kier molecular flexibility index (Phi) is 4.66. The van der Waals surface area contributed by atoms with Crippen LogP contribution in [0, 0.1) is 6.92 Å². The smallest absolute Gasteiger partial charge is 0.327 e. The molecule has 0 aliphatic carbocycles. The third-order valence-corrected chi connectivity index (χ3v) is 6.65. The van der Waals surface area contributed by atoms with Gasteiger partial charge in [0, 0.05) is 26.7 Å². The molecule has 8 heteroatoms. The van der Waals surface area contributed by atoms with Gasteiger partial charge in [0.1, 0.15) is 10.4 Å². The minimum absolute atomic E-state index is 0.0467. The molecule has 4 rings (SSSR count).